The Morgan fingerprint density at radius 2 is 2.20 bits per heavy atom. The SMILES string of the molecule is CCCCCC(NCC)c1cnn(C)c1. The molecule has 86 valence electrons. The molecule has 0 aliphatic rings. The first-order valence-corrected chi connectivity index (χ1v) is 5.99. The van der Waals surface area contributed by atoms with Crippen LogP contribution in [-0.4, -0.2) is 16.3 Å². The Balaban J connectivity index is 2.49. The van der Waals surface area contributed by atoms with Gasteiger partial charge in [0.15, 0.2) is 0 Å². The first-order valence-electron chi connectivity index (χ1n) is 5.99. The normalized spacial score (nSPS) is 13.0. The highest BCUT2D eigenvalue weighted by atomic mass is 15.2. The Morgan fingerprint density at radius 1 is 1.40 bits per heavy atom. The zero-order chi connectivity index (χ0) is 11.1. The highest BCUT2D eigenvalue weighted by Crippen LogP contribution is 2.18. The van der Waals surface area contributed by atoms with Crippen molar-refractivity contribution in [2.75, 3.05) is 6.54 Å². The summed E-state index contributed by atoms with van der Waals surface area (Å²) >= 11 is 0. The zero-order valence-electron chi connectivity index (χ0n) is 10.2. The van der Waals surface area contributed by atoms with Gasteiger partial charge in [0.25, 0.3) is 0 Å². The lowest BCUT2D eigenvalue weighted by atomic mass is 10.0. The van der Waals surface area contributed by atoms with Gasteiger partial charge < -0.3 is 5.32 Å². The highest BCUT2D eigenvalue weighted by Gasteiger charge is 2.10. The minimum Gasteiger partial charge on any atom is -0.310 e. The summed E-state index contributed by atoms with van der Waals surface area (Å²) in [6.45, 7) is 5.42. The van der Waals surface area contributed by atoms with Gasteiger partial charge in [-0.25, -0.2) is 0 Å². The lowest BCUT2D eigenvalue weighted by molar-refractivity contribution is 0.486. The molecule has 15 heavy (non-hydrogen) atoms. The molecule has 0 radical (unpaired) electrons. The smallest absolute Gasteiger partial charge is 0.0537 e. The van der Waals surface area contributed by atoms with Crippen LogP contribution in [0.4, 0.5) is 0 Å². The predicted octanol–water partition coefficient (Wildman–Crippen LogP) is 2.65. The summed E-state index contributed by atoms with van der Waals surface area (Å²) in [5, 5.41) is 7.74. The van der Waals surface area contributed by atoms with E-state index in [0.29, 0.717) is 6.04 Å². The summed E-state index contributed by atoms with van der Waals surface area (Å²) in [5.41, 5.74) is 1.32. The second-order valence-electron chi connectivity index (χ2n) is 4.05. The molecule has 0 aliphatic carbocycles. The zero-order valence-corrected chi connectivity index (χ0v) is 10.2. The molecule has 1 rings (SSSR count). The molecular weight excluding hydrogens is 186 g/mol. The highest BCUT2D eigenvalue weighted by molar-refractivity contribution is 5.09. The third kappa shape index (κ3) is 4.04. The fourth-order valence-corrected chi connectivity index (χ4v) is 1.85. The maximum absolute atomic E-state index is 4.22. The van der Waals surface area contributed by atoms with Crippen LogP contribution in [0.3, 0.4) is 0 Å². The van der Waals surface area contributed by atoms with E-state index < -0.39 is 0 Å². The van der Waals surface area contributed by atoms with E-state index in [-0.39, 0.29) is 0 Å². The largest absolute Gasteiger partial charge is 0.310 e. The van der Waals surface area contributed by atoms with E-state index in [0.717, 1.165) is 6.54 Å². The van der Waals surface area contributed by atoms with Gasteiger partial charge in [0.05, 0.1) is 6.20 Å². The quantitative estimate of drug-likeness (QED) is 0.700. The van der Waals surface area contributed by atoms with Gasteiger partial charge in [-0.3, -0.25) is 4.68 Å². The summed E-state index contributed by atoms with van der Waals surface area (Å²) in [6, 6.07) is 0.482. The minimum atomic E-state index is 0.482. The fraction of sp³-hybridized carbons (Fsp3) is 0.750. The van der Waals surface area contributed by atoms with Crippen molar-refractivity contribution >= 4 is 0 Å². The van der Waals surface area contributed by atoms with Crippen LogP contribution < -0.4 is 5.32 Å². The summed E-state index contributed by atoms with van der Waals surface area (Å²) in [5.74, 6) is 0. The summed E-state index contributed by atoms with van der Waals surface area (Å²) in [4.78, 5) is 0. The molecule has 0 saturated carbocycles. The molecule has 0 fully saturated rings. The summed E-state index contributed by atoms with van der Waals surface area (Å²) in [7, 11) is 1.97. The molecule has 3 heteroatoms. The number of hydrogen-bond donors (Lipinski definition) is 1. The topological polar surface area (TPSA) is 29.9 Å². The van der Waals surface area contributed by atoms with Gasteiger partial charge in [0, 0.05) is 24.8 Å². The van der Waals surface area contributed by atoms with E-state index >= 15 is 0 Å². The Hall–Kier alpha value is -0.830. The van der Waals surface area contributed by atoms with Gasteiger partial charge in [-0.05, 0) is 13.0 Å². The molecule has 1 aromatic heterocycles. The van der Waals surface area contributed by atoms with E-state index in [2.05, 4.69) is 30.5 Å². The first kappa shape index (κ1) is 12.2. The summed E-state index contributed by atoms with van der Waals surface area (Å²) < 4.78 is 1.87. The number of unbranched alkanes of at least 4 members (excludes halogenated alkanes) is 2. The number of aryl methyl sites for hydroxylation is 1. The molecule has 0 aromatic carbocycles. The van der Waals surface area contributed by atoms with Crippen LogP contribution in [0.5, 0.6) is 0 Å². The Morgan fingerprint density at radius 3 is 2.73 bits per heavy atom. The van der Waals surface area contributed by atoms with Crippen LogP contribution in [-0.2, 0) is 7.05 Å². The van der Waals surface area contributed by atoms with Crippen LogP contribution in [0, 0.1) is 0 Å². The summed E-state index contributed by atoms with van der Waals surface area (Å²) in [6.07, 6.45) is 9.20. The molecule has 3 nitrogen and oxygen atoms in total. The number of rotatable bonds is 7. The van der Waals surface area contributed by atoms with Gasteiger partial charge in [0.2, 0.25) is 0 Å². The van der Waals surface area contributed by atoms with Gasteiger partial charge in [-0.2, -0.15) is 5.10 Å². The molecule has 0 bridgehead atoms. The van der Waals surface area contributed by atoms with E-state index in [1.54, 1.807) is 0 Å². The molecule has 0 aliphatic heterocycles. The van der Waals surface area contributed by atoms with Crippen LogP contribution in [0.2, 0.25) is 0 Å². The lowest BCUT2D eigenvalue weighted by Crippen LogP contribution is -2.20. The third-order valence-electron chi connectivity index (χ3n) is 2.67. The van der Waals surface area contributed by atoms with Gasteiger partial charge in [0.1, 0.15) is 0 Å². The molecule has 0 amide bonds. The van der Waals surface area contributed by atoms with E-state index in [4.69, 9.17) is 0 Å². The number of nitrogens with one attached hydrogen (secondary N) is 1. The standard InChI is InChI=1S/C12H23N3/c1-4-6-7-8-12(13-5-2)11-9-14-15(3)10-11/h9-10,12-13H,4-8H2,1-3H3. The average molecular weight is 209 g/mol. The Labute approximate surface area is 92.9 Å². The van der Waals surface area contributed by atoms with Crippen molar-refractivity contribution in [1.29, 1.82) is 0 Å². The predicted molar refractivity (Wildman–Crippen MR) is 63.8 cm³/mol. The van der Waals surface area contributed by atoms with Gasteiger partial charge >= 0.3 is 0 Å². The molecule has 1 atom stereocenters. The monoisotopic (exact) mass is 209 g/mol. The van der Waals surface area contributed by atoms with Crippen molar-refractivity contribution in [3.63, 3.8) is 0 Å². The van der Waals surface area contributed by atoms with Crippen LogP contribution in [0.25, 0.3) is 0 Å². The van der Waals surface area contributed by atoms with Gasteiger partial charge in [-0.1, -0.05) is 33.1 Å². The molecule has 0 spiro atoms. The lowest BCUT2D eigenvalue weighted by Gasteiger charge is -2.15. The van der Waals surface area contributed by atoms with Crippen molar-refractivity contribution in [2.45, 2.75) is 45.6 Å². The Bertz CT molecular complexity index is 268. The van der Waals surface area contributed by atoms with Crippen LogP contribution >= 0.6 is 0 Å². The van der Waals surface area contributed by atoms with Crippen molar-refractivity contribution in [2.24, 2.45) is 7.05 Å². The van der Waals surface area contributed by atoms with Gasteiger partial charge in [-0.15, -0.1) is 0 Å². The van der Waals surface area contributed by atoms with E-state index in [1.165, 1.54) is 31.2 Å². The van der Waals surface area contributed by atoms with Crippen LogP contribution in [0.15, 0.2) is 12.4 Å². The number of nitrogens with zero attached hydrogens (tertiary/aromatic N) is 2. The first-order chi connectivity index (χ1) is 7.27. The van der Waals surface area contributed by atoms with E-state index in [1.807, 2.05) is 17.9 Å². The molecular formula is C12H23N3. The fourth-order valence-electron chi connectivity index (χ4n) is 1.85. The van der Waals surface area contributed by atoms with Crippen LogP contribution in [0.1, 0.15) is 51.1 Å². The van der Waals surface area contributed by atoms with Crippen molar-refractivity contribution in [3.8, 4) is 0 Å². The number of hydrogen-bond acceptors (Lipinski definition) is 2. The number of aromatic nitrogens is 2. The molecule has 1 heterocycles. The molecule has 1 aromatic rings. The molecule has 1 N–H and O–H groups in total. The maximum atomic E-state index is 4.22. The maximum Gasteiger partial charge on any atom is 0.0537 e. The van der Waals surface area contributed by atoms with Crippen molar-refractivity contribution in [1.82, 2.24) is 15.1 Å². The van der Waals surface area contributed by atoms with Crippen molar-refractivity contribution in [3.05, 3.63) is 18.0 Å². The second kappa shape index (κ2) is 6.62. The molecule has 1 unspecified atom stereocenters. The Kier molecular flexibility index (Phi) is 5.40. The average Bonchev–Trinajstić information content (AvgIpc) is 2.64. The minimum absolute atomic E-state index is 0.482. The van der Waals surface area contributed by atoms with Crippen molar-refractivity contribution < 1.29 is 0 Å². The second-order valence-corrected chi connectivity index (χ2v) is 4.05. The molecule has 0 saturated heterocycles. The van der Waals surface area contributed by atoms with E-state index in [9.17, 15) is 0 Å². The third-order valence-corrected chi connectivity index (χ3v) is 2.67.